The van der Waals surface area contributed by atoms with Gasteiger partial charge in [-0.15, -0.1) is 0 Å². The van der Waals surface area contributed by atoms with Crippen LogP contribution in [0.3, 0.4) is 0 Å². The van der Waals surface area contributed by atoms with Crippen molar-refractivity contribution in [3.63, 3.8) is 0 Å². The predicted octanol–water partition coefficient (Wildman–Crippen LogP) is 2.29. The van der Waals surface area contributed by atoms with Crippen molar-refractivity contribution in [2.75, 3.05) is 18.5 Å². The normalized spacial score (nSPS) is 11.1. The van der Waals surface area contributed by atoms with Crippen molar-refractivity contribution in [2.45, 2.75) is 33.8 Å². The van der Waals surface area contributed by atoms with Gasteiger partial charge in [-0.25, -0.2) is 4.98 Å². The molecule has 0 bridgehead atoms. The molecule has 0 atom stereocenters. The third kappa shape index (κ3) is 3.18. The zero-order valence-electron chi connectivity index (χ0n) is 9.95. The molecule has 0 spiro atoms. The van der Waals surface area contributed by atoms with E-state index in [1.54, 1.807) is 11.3 Å². The van der Waals surface area contributed by atoms with E-state index < -0.39 is 0 Å². The summed E-state index contributed by atoms with van der Waals surface area (Å²) in [7, 11) is 2.05. The Labute approximate surface area is 95.8 Å². The summed E-state index contributed by atoms with van der Waals surface area (Å²) in [6.07, 6.45) is 0.891. The quantitative estimate of drug-likeness (QED) is 0.840. The van der Waals surface area contributed by atoms with Crippen molar-refractivity contribution in [3.05, 3.63) is 10.6 Å². The van der Waals surface area contributed by atoms with Gasteiger partial charge in [0.1, 0.15) is 0 Å². The Bertz CT molecular complexity index is 288. The van der Waals surface area contributed by atoms with E-state index in [0.717, 1.165) is 28.7 Å². The molecule has 0 radical (unpaired) electrons. The van der Waals surface area contributed by atoms with Crippen LogP contribution in [0.25, 0.3) is 0 Å². The maximum atomic E-state index is 9.18. The highest BCUT2D eigenvalue weighted by Gasteiger charge is 2.12. The summed E-state index contributed by atoms with van der Waals surface area (Å²) in [4.78, 5) is 7.70. The molecule has 15 heavy (non-hydrogen) atoms. The average molecular weight is 228 g/mol. The van der Waals surface area contributed by atoms with Crippen molar-refractivity contribution in [1.82, 2.24) is 4.98 Å². The Morgan fingerprint density at radius 3 is 2.53 bits per heavy atom. The molecule has 1 aromatic heterocycles. The Kier molecular flexibility index (Phi) is 4.54. The number of anilines is 1. The van der Waals surface area contributed by atoms with E-state index in [1.165, 1.54) is 0 Å². The van der Waals surface area contributed by atoms with E-state index in [4.69, 9.17) is 0 Å². The molecule has 0 aliphatic heterocycles. The summed E-state index contributed by atoms with van der Waals surface area (Å²) < 4.78 is 0. The topological polar surface area (TPSA) is 36.4 Å². The van der Waals surface area contributed by atoms with Crippen molar-refractivity contribution >= 4 is 16.5 Å². The zero-order valence-corrected chi connectivity index (χ0v) is 10.8. The molecule has 0 unspecified atom stereocenters. The highest BCUT2D eigenvalue weighted by atomic mass is 32.1. The summed E-state index contributed by atoms with van der Waals surface area (Å²) in [5.41, 5.74) is 1.04. The van der Waals surface area contributed by atoms with Crippen molar-refractivity contribution in [3.8, 4) is 0 Å². The highest BCUT2D eigenvalue weighted by Crippen LogP contribution is 2.26. The third-order valence-corrected chi connectivity index (χ3v) is 3.41. The molecule has 1 aromatic rings. The number of aromatic nitrogens is 1. The molecule has 0 amide bonds. The fraction of sp³-hybridized carbons (Fsp3) is 0.727. The molecule has 1 rings (SSSR count). The fourth-order valence-corrected chi connectivity index (χ4v) is 2.54. The van der Waals surface area contributed by atoms with E-state index in [1.807, 2.05) is 0 Å². The number of rotatable bonds is 5. The number of hydrogen-bond donors (Lipinski definition) is 1. The second-order valence-electron chi connectivity index (χ2n) is 4.15. The average Bonchev–Trinajstić information content (AvgIpc) is 2.59. The molecule has 1 heterocycles. The molecule has 0 aliphatic rings. The molecule has 1 N–H and O–H groups in total. The lowest BCUT2D eigenvalue weighted by atomic mass is 10.2. The molecule has 86 valence electrons. The minimum Gasteiger partial charge on any atom is -0.391 e. The SMILES string of the molecule is CCc1nc(N(C)CC(C)C)sc1CO. The van der Waals surface area contributed by atoms with Crippen LogP contribution in [0, 0.1) is 5.92 Å². The predicted molar refractivity (Wildman–Crippen MR) is 65.5 cm³/mol. The molecule has 0 saturated carbocycles. The van der Waals surface area contributed by atoms with Crippen molar-refractivity contribution in [1.29, 1.82) is 0 Å². The van der Waals surface area contributed by atoms with Crippen LogP contribution >= 0.6 is 11.3 Å². The van der Waals surface area contributed by atoms with Crippen LogP contribution in [0.5, 0.6) is 0 Å². The Morgan fingerprint density at radius 2 is 2.13 bits per heavy atom. The smallest absolute Gasteiger partial charge is 0.185 e. The number of thiazole rings is 1. The van der Waals surface area contributed by atoms with Crippen LogP contribution in [0.1, 0.15) is 31.3 Å². The van der Waals surface area contributed by atoms with Gasteiger partial charge >= 0.3 is 0 Å². The minimum absolute atomic E-state index is 0.107. The minimum atomic E-state index is 0.107. The van der Waals surface area contributed by atoms with Gasteiger partial charge in [-0.1, -0.05) is 32.1 Å². The monoisotopic (exact) mass is 228 g/mol. The first-order chi connectivity index (χ1) is 7.08. The number of aliphatic hydroxyl groups is 1. The Balaban J connectivity index is 2.81. The van der Waals surface area contributed by atoms with Gasteiger partial charge in [0.2, 0.25) is 0 Å². The maximum Gasteiger partial charge on any atom is 0.185 e. The van der Waals surface area contributed by atoms with Gasteiger partial charge in [0.25, 0.3) is 0 Å². The molecule has 4 heteroatoms. The van der Waals surface area contributed by atoms with E-state index >= 15 is 0 Å². The summed E-state index contributed by atoms with van der Waals surface area (Å²) in [6.45, 7) is 7.56. The van der Waals surface area contributed by atoms with Crippen LogP contribution in [-0.2, 0) is 13.0 Å². The highest BCUT2D eigenvalue weighted by molar-refractivity contribution is 7.15. The molecular weight excluding hydrogens is 208 g/mol. The van der Waals surface area contributed by atoms with Crippen LogP contribution in [0.15, 0.2) is 0 Å². The maximum absolute atomic E-state index is 9.18. The number of hydrogen-bond acceptors (Lipinski definition) is 4. The van der Waals surface area contributed by atoms with Crippen molar-refractivity contribution < 1.29 is 5.11 Å². The third-order valence-electron chi connectivity index (χ3n) is 2.21. The molecule has 0 aromatic carbocycles. The second-order valence-corrected chi connectivity index (χ2v) is 5.21. The molecule has 3 nitrogen and oxygen atoms in total. The van der Waals surface area contributed by atoms with Gasteiger partial charge in [-0.2, -0.15) is 0 Å². The molecule has 0 saturated heterocycles. The van der Waals surface area contributed by atoms with Crippen LogP contribution < -0.4 is 4.90 Å². The van der Waals surface area contributed by atoms with E-state index in [2.05, 4.69) is 37.7 Å². The first-order valence-electron chi connectivity index (χ1n) is 5.39. The molecular formula is C11H20N2OS. The zero-order chi connectivity index (χ0) is 11.4. The van der Waals surface area contributed by atoms with Crippen molar-refractivity contribution in [2.24, 2.45) is 5.92 Å². The largest absolute Gasteiger partial charge is 0.391 e. The molecule has 0 fully saturated rings. The van der Waals surface area contributed by atoms with Gasteiger partial charge in [0.05, 0.1) is 17.2 Å². The van der Waals surface area contributed by atoms with Gasteiger partial charge in [0, 0.05) is 13.6 Å². The fourth-order valence-electron chi connectivity index (χ4n) is 1.56. The summed E-state index contributed by atoms with van der Waals surface area (Å²) >= 11 is 1.60. The second kappa shape index (κ2) is 5.47. The summed E-state index contributed by atoms with van der Waals surface area (Å²) in [5.74, 6) is 0.626. The van der Waals surface area contributed by atoms with E-state index in [-0.39, 0.29) is 6.61 Å². The van der Waals surface area contributed by atoms with Crippen LogP contribution in [0.2, 0.25) is 0 Å². The Hall–Kier alpha value is -0.610. The van der Waals surface area contributed by atoms with Gasteiger partial charge in [-0.05, 0) is 12.3 Å². The van der Waals surface area contributed by atoms with Gasteiger partial charge in [-0.3, -0.25) is 0 Å². The lowest BCUT2D eigenvalue weighted by molar-refractivity contribution is 0.284. The summed E-state index contributed by atoms with van der Waals surface area (Å²) in [5, 5.41) is 10.2. The van der Waals surface area contributed by atoms with E-state index in [9.17, 15) is 5.11 Å². The first kappa shape index (κ1) is 12.5. The standard InChI is InChI=1S/C11H20N2OS/c1-5-9-10(7-14)15-11(12-9)13(4)6-8(2)3/h8,14H,5-7H2,1-4H3. The summed E-state index contributed by atoms with van der Waals surface area (Å²) in [6, 6.07) is 0. The van der Waals surface area contributed by atoms with E-state index in [0.29, 0.717) is 5.92 Å². The lowest BCUT2D eigenvalue weighted by Crippen LogP contribution is -2.22. The Morgan fingerprint density at radius 1 is 1.47 bits per heavy atom. The van der Waals surface area contributed by atoms with Gasteiger partial charge < -0.3 is 10.0 Å². The number of nitrogens with zero attached hydrogens (tertiary/aromatic N) is 2. The van der Waals surface area contributed by atoms with Crippen LogP contribution in [0.4, 0.5) is 5.13 Å². The number of aryl methyl sites for hydroxylation is 1. The first-order valence-corrected chi connectivity index (χ1v) is 6.20. The number of aliphatic hydroxyl groups excluding tert-OH is 1. The van der Waals surface area contributed by atoms with Gasteiger partial charge in [0.15, 0.2) is 5.13 Å². The molecule has 0 aliphatic carbocycles. The van der Waals surface area contributed by atoms with Crippen LogP contribution in [-0.4, -0.2) is 23.7 Å². The lowest BCUT2D eigenvalue weighted by Gasteiger charge is -2.17.